The van der Waals surface area contributed by atoms with Crippen LogP contribution in [-0.2, 0) is 6.42 Å². The molecule has 0 amide bonds. The summed E-state index contributed by atoms with van der Waals surface area (Å²) in [5.74, 6) is -0.711. The topological polar surface area (TPSA) is 75.0 Å². The molecular formula is C13H11F5N2O3S. The van der Waals surface area contributed by atoms with Crippen molar-refractivity contribution in [1.29, 1.82) is 0 Å². The first-order valence-electron chi connectivity index (χ1n) is 6.65. The van der Waals surface area contributed by atoms with Crippen LogP contribution < -0.4 is 15.9 Å². The monoisotopic (exact) mass is 370 g/mol. The second-order valence-electron chi connectivity index (χ2n) is 5.48. The number of nitrogens with one attached hydrogen (secondary N) is 2. The van der Waals surface area contributed by atoms with Gasteiger partial charge in [-0.3, -0.25) is 9.59 Å². The van der Waals surface area contributed by atoms with Crippen LogP contribution >= 0.6 is 10.2 Å². The molecule has 0 aliphatic carbocycles. The van der Waals surface area contributed by atoms with Gasteiger partial charge in [-0.2, -0.15) is 0 Å². The lowest BCUT2D eigenvalue weighted by molar-refractivity contribution is 0.258. The second-order valence-corrected chi connectivity index (χ2v) is 7.89. The fourth-order valence-electron chi connectivity index (χ4n) is 2.45. The van der Waals surface area contributed by atoms with Crippen LogP contribution in [0.4, 0.5) is 19.4 Å². The van der Waals surface area contributed by atoms with Gasteiger partial charge < -0.3 is 14.7 Å². The molecular weight excluding hydrogens is 359 g/mol. The van der Waals surface area contributed by atoms with Gasteiger partial charge >= 0.3 is 21.3 Å². The number of benzene rings is 1. The minimum atomic E-state index is -9.76. The molecule has 5 nitrogen and oxygen atoms in total. The van der Waals surface area contributed by atoms with Gasteiger partial charge in [0.05, 0.1) is 6.61 Å². The Morgan fingerprint density at radius 2 is 1.79 bits per heavy atom. The first kappa shape index (κ1) is 16.6. The van der Waals surface area contributed by atoms with Gasteiger partial charge in [-0.15, -0.1) is 0 Å². The van der Waals surface area contributed by atoms with Gasteiger partial charge in [0.2, 0.25) is 0 Å². The highest BCUT2D eigenvalue weighted by molar-refractivity contribution is 8.45. The van der Waals surface area contributed by atoms with Crippen molar-refractivity contribution in [1.82, 2.24) is 9.97 Å². The lowest BCUT2D eigenvalue weighted by Crippen LogP contribution is -2.32. The maximum absolute atomic E-state index is 12.8. The molecule has 11 heteroatoms. The Bertz CT molecular complexity index is 936. The van der Waals surface area contributed by atoms with Crippen molar-refractivity contribution in [2.75, 3.05) is 6.61 Å². The Hall–Kier alpha value is -2.30. The number of hydrogen-bond acceptors (Lipinski definition) is 3. The molecule has 132 valence electrons. The van der Waals surface area contributed by atoms with Gasteiger partial charge in [-0.05, 0) is 18.1 Å². The molecule has 0 radical (unpaired) electrons. The fourth-order valence-corrected chi connectivity index (χ4v) is 3.10. The van der Waals surface area contributed by atoms with Crippen LogP contribution in [0.25, 0.3) is 0 Å². The van der Waals surface area contributed by atoms with Crippen LogP contribution in [0.1, 0.15) is 17.2 Å². The average molecular weight is 370 g/mol. The summed E-state index contributed by atoms with van der Waals surface area (Å²) >= 11 is 0. The van der Waals surface area contributed by atoms with Crippen molar-refractivity contribution in [3.05, 3.63) is 56.4 Å². The molecule has 1 aliphatic rings. The highest BCUT2D eigenvalue weighted by atomic mass is 32.5. The zero-order chi connectivity index (χ0) is 17.8. The van der Waals surface area contributed by atoms with Crippen LogP contribution in [0.3, 0.4) is 0 Å². The molecule has 0 bridgehead atoms. The Morgan fingerprint density at radius 1 is 1.08 bits per heavy atom. The van der Waals surface area contributed by atoms with Crippen LogP contribution in [0.15, 0.2) is 38.9 Å². The molecule has 3 rings (SSSR count). The molecule has 2 aromatic rings. The van der Waals surface area contributed by atoms with E-state index in [-0.39, 0.29) is 18.8 Å². The van der Waals surface area contributed by atoms with Crippen molar-refractivity contribution in [3.63, 3.8) is 0 Å². The molecule has 1 aromatic heterocycles. The Kier molecular flexibility index (Phi) is 3.04. The molecule has 0 fully saturated rings. The van der Waals surface area contributed by atoms with Gasteiger partial charge in [0.1, 0.15) is 10.6 Å². The van der Waals surface area contributed by atoms with Gasteiger partial charge in [-0.25, -0.2) is 0 Å². The Balaban J connectivity index is 1.94. The largest absolute Gasteiger partial charge is 0.493 e. The van der Waals surface area contributed by atoms with E-state index in [0.29, 0.717) is 23.4 Å². The maximum Gasteiger partial charge on any atom is 0.313 e. The normalized spacial score (nSPS) is 20.5. The van der Waals surface area contributed by atoms with Crippen molar-refractivity contribution in [2.24, 2.45) is 0 Å². The summed E-state index contributed by atoms with van der Waals surface area (Å²) in [6.45, 7) is -0.126. The summed E-state index contributed by atoms with van der Waals surface area (Å²) in [5.41, 5.74) is -1.07. The second kappa shape index (κ2) is 4.41. The number of hydrogen-bond donors (Lipinski definition) is 2. The first-order valence-corrected chi connectivity index (χ1v) is 8.60. The van der Waals surface area contributed by atoms with Gasteiger partial charge in [-0.1, -0.05) is 25.5 Å². The predicted molar refractivity (Wildman–Crippen MR) is 77.5 cm³/mol. The van der Waals surface area contributed by atoms with Crippen LogP contribution in [0, 0.1) is 0 Å². The minimum Gasteiger partial charge on any atom is -0.493 e. The lowest BCUT2D eigenvalue weighted by atomic mass is 9.94. The number of ether oxygens (including phenoxy) is 1. The number of aromatic nitrogens is 2. The number of halogens is 5. The van der Waals surface area contributed by atoms with Gasteiger partial charge in [0, 0.05) is 23.9 Å². The van der Waals surface area contributed by atoms with Crippen molar-refractivity contribution < 1.29 is 24.2 Å². The molecule has 0 saturated heterocycles. The third kappa shape index (κ3) is 3.16. The van der Waals surface area contributed by atoms with E-state index in [2.05, 4.69) is 9.97 Å². The van der Waals surface area contributed by atoms with Crippen LogP contribution in [0.5, 0.6) is 5.75 Å². The number of rotatable bonds is 2. The SMILES string of the molecule is O=c1[nH]cc(C2COc3cc(S(F)(F)(F)(F)F)ccc3C2)[nH]c1=O. The summed E-state index contributed by atoms with van der Waals surface area (Å²) in [6, 6.07) is 1.54. The van der Waals surface area contributed by atoms with Crippen molar-refractivity contribution >= 4 is 10.2 Å². The molecule has 1 aromatic carbocycles. The maximum atomic E-state index is 12.8. The van der Waals surface area contributed by atoms with E-state index in [1.807, 2.05) is 0 Å². The molecule has 24 heavy (non-hydrogen) atoms. The summed E-state index contributed by atoms with van der Waals surface area (Å²) in [5, 5.41) is 0. The molecule has 1 unspecified atom stereocenters. The third-order valence-electron chi connectivity index (χ3n) is 3.65. The lowest BCUT2D eigenvalue weighted by Gasteiger charge is -2.41. The molecule has 1 aliphatic heterocycles. The number of H-pyrrole nitrogens is 2. The standard InChI is InChI=1S/C13H11F5N2O3S/c14-24(15,16,17,18)9-2-1-7-3-8(6-23-11(7)4-9)10-5-19-12(21)13(22)20-10/h1-2,4-5,8H,3,6H2,(H,19,21)(H,20,22). The van der Waals surface area contributed by atoms with Crippen LogP contribution in [-0.4, -0.2) is 16.6 Å². The smallest absolute Gasteiger partial charge is 0.313 e. The molecule has 2 N–H and O–H groups in total. The summed E-state index contributed by atoms with van der Waals surface area (Å²) in [7, 11) is -9.76. The number of fused-ring (bicyclic) bond motifs is 1. The number of aromatic amines is 2. The van der Waals surface area contributed by atoms with Gasteiger partial charge in [0.15, 0.2) is 0 Å². The van der Waals surface area contributed by atoms with E-state index in [9.17, 15) is 29.0 Å². The summed E-state index contributed by atoms with van der Waals surface area (Å²) in [4.78, 5) is 24.9. The highest BCUT2D eigenvalue weighted by Crippen LogP contribution is 3.02. The molecule has 0 spiro atoms. The van der Waals surface area contributed by atoms with E-state index >= 15 is 0 Å². The van der Waals surface area contributed by atoms with Crippen LogP contribution in [0.2, 0.25) is 0 Å². The van der Waals surface area contributed by atoms with Crippen molar-refractivity contribution in [2.45, 2.75) is 17.2 Å². The summed E-state index contributed by atoms with van der Waals surface area (Å²) in [6.07, 6.45) is 1.43. The zero-order valence-electron chi connectivity index (χ0n) is 11.8. The highest BCUT2D eigenvalue weighted by Gasteiger charge is 2.65. The van der Waals surface area contributed by atoms with Crippen molar-refractivity contribution in [3.8, 4) is 5.75 Å². The average Bonchev–Trinajstić information content (AvgIpc) is 2.46. The molecule has 1 atom stereocenters. The Labute approximate surface area is 131 Å². The van der Waals surface area contributed by atoms with E-state index in [1.54, 1.807) is 0 Å². The zero-order valence-corrected chi connectivity index (χ0v) is 12.6. The molecule has 0 saturated carbocycles. The summed E-state index contributed by atoms with van der Waals surface area (Å²) < 4.78 is 69.2. The van der Waals surface area contributed by atoms with Gasteiger partial charge in [0.25, 0.3) is 0 Å². The van der Waals surface area contributed by atoms with E-state index in [1.165, 1.54) is 6.20 Å². The quantitative estimate of drug-likeness (QED) is 0.628. The molecule has 2 heterocycles. The Morgan fingerprint density at radius 3 is 2.42 bits per heavy atom. The van der Waals surface area contributed by atoms with E-state index < -0.39 is 32.2 Å². The predicted octanol–water partition coefficient (Wildman–Crippen LogP) is 3.44. The minimum absolute atomic E-state index is 0.126. The first-order chi connectivity index (χ1) is 10.8. The van der Waals surface area contributed by atoms with E-state index in [4.69, 9.17) is 4.74 Å². The fraction of sp³-hybridized carbons (Fsp3) is 0.231. The third-order valence-corrected chi connectivity index (χ3v) is 4.80. The van der Waals surface area contributed by atoms with E-state index in [0.717, 1.165) is 6.07 Å².